The summed E-state index contributed by atoms with van der Waals surface area (Å²) in [7, 11) is 2.11. The quantitative estimate of drug-likeness (QED) is 0.707. The zero-order valence-electron chi connectivity index (χ0n) is 10.0. The van der Waals surface area contributed by atoms with Gasteiger partial charge in [-0.15, -0.1) is 0 Å². The molecule has 0 aromatic heterocycles. The van der Waals surface area contributed by atoms with E-state index in [1.807, 2.05) is 13.8 Å². The molecule has 3 N–H and O–H groups in total. The summed E-state index contributed by atoms with van der Waals surface area (Å²) < 4.78 is 0. The van der Waals surface area contributed by atoms with Crippen molar-refractivity contribution in [2.45, 2.75) is 44.7 Å². The number of nitrogens with two attached hydrogens (primary N) is 1. The zero-order valence-corrected chi connectivity index (χ0v) is 10.0. The Kier molecular flexibility index (Phi) is 4.11. The highest BCUT2D eigenvalue weighted by Gasteiger charge is 2.22. The van der Waals surface area contributed by atoms with Crippen molar-refractivity contribution in [3.05, 3.63) is 0 Å². The zero-order chi connectivity index (χ0) is 11.5. The van der Waals surface area contributed by atoms with E-state index < -0.39 is 5.54 Å². The predicted molar refractivity (Wildman–Crippen MR) is 61.5 cm³/mol. The molecule has 0 radical (unpaired) electrons. The first-order valence-corrected chi connectivity index (χ1v) is 5.64. The molecular formula is C11H23N3O. The molecule has 1 amide bonds. The number of rotatable bonds is 4. The SMILES string of the molecule is CN1CCCC1CNC(=O)CC(C)(C)N. The largest absolute Gasteiger partial charge is 0.354 e. The van der Waals surface area contributed by atoms with Gasteiger partial charge in [0.05, 0.1) is 0 Å². The molecule has 1 rings (SSSR count). The summed E-state index contributed by atoms with van der Waals surface area (Å²) in [5, 5.41) is 2.95. The number of carbonyl (C=O) groups excluding carboxylic acids is 1. The summed E-state index contributed by atoms with van der Waals surface area (Å²) >= 11 is 0. The number of hydrogen-bond acceptors (Lipinski definition) is 3. The van der Waals surface area contributed by atoms with Gasteiger partial charge in [0, 0.05) is 24.5 Å². The number of likely N-dealkylation sites (N-methyl/N-ethyl adjacent to an activating group) is 1. The van der Waals surface area contributed by atoms with Gasteiger partial charge in [0.25, 0.3) is 0 Å². The van der Waals surface area contributed by atoms with Gasteiger partial charge >= 0.3 is 0 Å². The first kappa shape index (κ1) is 12.5. The van der Waals surface area contributed by atoms with Gasteiger partial charge in [-0.1, -0.05) is 0 Å². The first-order chi connectivity index (χ1) is 6.88. The van der Waals surface area contributed by atoms with Crippen LogP contribution in [0.1, 0.15) is 33.1 Å². The van der Waals surface area contributed by atoms with Gasteiger partial charge in [-0.3, -0.25) is 4.79 Å². The van der Waals surface area contributed by atoms with Crippen LogP contribution in [-0.2, 0) is 4.79 Å². The van der Waals surface area contributed by atoms with Crippen LogP contribution < -0.4 is 11.1 Å². The topological polar surface area (TPSA) is 58.4 Å². The van der Waals surface area contributed by atoms with Crippen molar-refractivity contribution >= 4 is 5.91 Å². The van der Waals surface area contributed by atoms with E-state index in [2.05, 4.69) is 17.3 Å². The molecule has 1 aliphatic rings. The first-order valence-electron chi connectivity index (χ1n) is 5.64. The van der Waals surface area contributed by atoms with Crippen LogP contribution in [0.25, 0.3) is 0 Å². The molecule has 1 unspecified atom stereocenters. The van der Waals surface area contributed by atoms with Crippen LogP contribution in [0.5, 0.6) is 0 Å². The fraction of sp³-hybridized carbons (Fsp3) is 0.909. The molecule has 4 nitrogen and oxygen atoms in total. The van der Waals surface area contributed by atoms with Crippen LogP contribution in [0.4, 0.5) is 0 Å². The van der Waals surface area contributed by atoms with Crippen LogP contribution in [0.15, 0.2) is 0 Å². The Balaban J connectivity index is 2.22. The van der Waals surface area contributed by atoms with Gasteiger partial charge < -0.3 is 16.0 Å². The highest BCUT2D eigenvalue weighted by molar-refractivity contribution is 5.77. The Labute approximate surface area is 92.2 Å². The van der Waals surface area contributed by atoms with Crippen LogP contribution in [0.3, 0.4) is 0 Å². The fourth-order valence-electron chi connectivity index (χ4n) is 1.95. The maximum Gasteiger partial charge on any atom is 0.221 e. The van der Waals surface area contributed by atoms with Gasteiger partial charge in [-0.25, -0.2) is 0 Å². The van der Waals surface area contributed by atoms with Crippen molar-refractivity contribution in [2.24, 2.45) is 5.73 Å². The molecule has 0 aromatic rings. The number of carbonyl (C=O) groups is 1. The summed E-state index contributed by atoms with van der Waals surface area (Å²) in [6, 6.07) is 0.509. The van der Waals surface area contributed by atoms with Crippen molar-refractivity contribution in [3.63, 3.8) is 0 Å². The van der Waals surface area contributed by atoms with Gasteiger partial charge in [0.15, 0.2) is 0 Å². The third-order valence-electron chi connectivity index (χ3n) is 2.82. The Morgan fingerprint density at radius 2 is 2.27 bits per heavy atom. The third-order valence-corrected chi connectivity index (χ3v) is 2.82. The minimum Gasteiger partial charge on any atom is -0.354 e. The highest BCUT2D eigenvalue weighted by atomic mass is 16.1. The molecule has 0 spiro atoms. The molecule has 15 heavy (non-hydrogen) atoms. The Morgan fingerprint density at radius 3 is 2.73 bits per heavy atom. The molecule has 0 aliphatic carbocycles. The number of hydrogen-bond donors (Lipinski definition) is 2. The average Bonchev–Trinajstić information content (AvgIpc) is 2.44. The maximum absolute atomic E-state index is 11.5. The second-order valence-electron chi connectivity index (χ2n) is 5.25. The highest BCUT2D eigenvalue weighted by Crippen LogP contribution is 2.13. The molecule has 0 bridgehead atoms. The summed E-state index contributed by atoms with van der Waals surface area (Å²) in [4.78, 5) is 13.8. The van der Waals surface area contributed by atoms with E-state index in [9.17, 15) is 4.79 Å². The summed E-state index contributed by atoms with van der Waals surface area (Å²) in [6.07, 6.45) is 2.81. The number of nitrogens with zero attached hydrogens (tertiary/aromatic N) is 1. The number of nitrogens with one attached hydrogen (secondary N) is 1. The molecule has 88 valence electrons. The monoisotopic (exact) mass is 213 g/mol. The molecule has 1 saturated heterocycles. The lowest BCUT2D eigenvalue weighted by Gasteiger charge is -2.22. The maximum atomic E-state index is 11.5. The van der Waals surface area contributed by atoms with E-state index in [1.54, 1.807) is 0 Å². The van der Waals surface area contributed by atoms with E-state index in [1.165, 1.54) is 12.8 Å². The summed E-state index contributed by atoms with van der Waals surface area (Å²) in [5.41, 5.74) is 5.37. The van der Waals surface area contributed by atoms with Crippen molar-refractivity contribution in [1.29, 1.82) is 0 Å². The lowest BCUT2D eigenvalue weighted by molar-refractivity contribution is -0.122. The lowest BCUT2D eigenvalue weighted by Crippen LogP contribution is -2.43. The second-order valence-corrected chi connectivity index (χ2v) is 5.25. The summed E-state index contributed by atoms with van der Waals surface area (Å²) in [6.45, 7) is 5.64. The van der Waals surface area contributed by atoms with E-state index >= 15 is 0 Å². The number of likely N-dealkylation sites (tertiary alicyclic amines) is 1. The van der Waals surface area contributed by atoms with E-state index in [4.69, 9.17) is 5.73 Å². The van der Waals surface area contributed by atoms with Gasteiger partial charge in [-0.2, -0.15) is 0 Å². The molecule has 1 aliphatic heterocycles. The van der Waals surface area contributed by atoms with E-state index in [0.29, 0.717) is 12.5 Å². The van der Waals surface area contributed by atoms with E-state index in [-0.39, 0.29) is 5.91 Å². The smallest absolute Gasteiger partial charge is 0.221 e. The van der Waals surface area contributed by atoms with Crippen molar-refractivity contribution in [3.8, 4) is 0 Å². The molecule has 1 heterocycles. The molecule has 1 atom stereocenters. The number of amides is 1. The van der Waals surface area contributed by atoms with Crippen LogP contribution in [0.2, 0.25) is 0 Å². The van der Waals surface area contributed by atoms with Gasteiger partial charge in [0.2, 0.25) is 5.91 Å². The second kappa shape index (κ2) is 4.94. The normalized spacial score (nSPS) is 23.1. The minimum absolute atomic E-state index is 0.0581. The summed E-state index contributed by atoms with van der Waals surface area (Å²) in [5.74, 6) is 0.0581. The Bertz CT molecular complexity index is 222. The van der Waals surface area contributed by atoms with Gasteiger partial charge in [0.1, 0.15) is 0 Å². The van der Waals surface area contributed by atoms with E-state index in [0.717, 1.165) is 13.1 Å². The van der Waals surface area contributed by atoms with Crippen LogP contribution in [0, 0.1) is 0 Å². The Hall–Kier alpha value is -0.610. The molecule has 0 saturated carbocycles. The standard InChI is InChI=1S/C11H23N3O/c1-11(2,12)7-10(15)13-8-9-5-4-6-14(9)3/h9H,4-8,12H2,1-3H3,(H,13,15). The average molecular weight is 213 g/mol. The Morgan fingerprint density at radius 1 is 1.60 bits per heavy atom. The molecule has 1 fully saturated rings. The molecule has 4 heteroatoms. The predicted octanol–water partition coefficient (Wildman–Crippen LogP) is 0.324. The molecular weight excluding hydrogens is 190 g/mol. The van der Waals surface area contributed by atoms with Crippen molar-refractivity contribution < 1.29 is 4.79 Å². The minimum atomic E-state index is -0.411. The van der Waals surface area contributed by atoms with Crippen LogP contribution >= 0.6 is 0 Å². The van der Waals surface area contributed by atoms with Crippen molar-refractivity contribution in [1.82, 2.24) is 10.2 Å². The van der Waals surface area contributed by atoms with Crippen molar-refractivity contribution in [2.75, 3.05) is 20.1 Å². The molecule has 0 aromatic carbocycles. The third kappa shape index (κ3) is 4.62. The fourth-order valence-corrected chi connectivity index (χ4v) is 1.95. The van der Waals surface area contributed by atoms with Crippen LogP contribution in [-0.4, -0.2) is 42.5 Å². The van der Waals surface area contributed by atoms with Gasteiger partial charge in [-0.05, 0) is 40.3 Å². The lowest BCUT2D eigenvalue weighted by atomic mass is 10.0.